The van der Waals surface area contributed by atoms with E-state index < -0.39 is 5.97 Å². The summed E-state index contributed by atoms with van der Waals surface area (Å²) in [6.07, 6.45) is 2.60. The van der Waals surface area contributed by atoms with E-state index in [1.807, 2.05) is 30.3 Å². The lowest BCUT2D eigenvalue weighted by Crippen LogP contribution is -1.98. The summed E-state index contributed by atoms with van der Waals surface area (Å²) in [7, 11) is 1.57. The van der Waals surface area contributed by atoms with Gasteiger partial charge >= 0.3 is 5.97 Å². The van der Waals surface area contributed by atoms with E-state index in [4.69, 9.17) is 14.6 Å². The Balaban J connectivity index is 2.16. The number of carboxylic acids is 1. The van der Waals surface area contributed by atoms with Gasteiger partial charge in [0.05, 0.1) is 7.11 Å². The first-order valence-electron chi connectivity index (χ1n) is 6.45. The molecule has 4 nitrogen and oxygen atoms in total. The number of carbonyl (C=O) groups is 1. The summed E-state index contributed by atoms with van der Waals surface area (Å²) in [5, 5.41) is 8.65. The minimum atomic E-state index is -0.988. The highest BCUT2D eigenvalue weighted by atomic mass is 16.5. The number of hydrogen-bond acceptors (Lipinski definition) is 3. The van der Waals surface area contributed by atoms with Crippen molar-refractivity contribution in [1.29, 1.82) is 0 Å². The van der Waals surface area contributed by atoms with Gasteiger partial charge in [-0.05, 0) is 29.3 Å². The number of aliphatic carboxylic acids is 1. The second kappa shape index (κ2) is 7.14. The minimum absolute atomic E-state index is 0.420. The van der Waals surface area contributed by atoms with E-state index in [-0.39, 0.29) is 0 Å². The molecule has 2 aromatic rings. The fourth-order valence-electron chi connectivity index (χ4n) is 1.81. The molecule has 0 saturated carbocycles. The zero-order chi connectivity index (χ0) is 15.1. The fraction of sp³-hybridized carbons (Fsp3) is 0.118. The lowest BCUT2D eigenvalue weighted by Gasteiger charge is -2.11. The molecule has 0 radical (unpaired) electrons. The van der Waals surface area contributed by atoms with Gasteiger partial charge < -0.3 is 14.6 Å². The van der Waals surface area contributed by atoms with Crippen LogP contribution in [0.2, 0.25) is 0 Å². The molecule has 0 amide bonds. The van der Waals surface area contributed by atoms with Gasteiger partial charge in [-0.15, -0.1) is 0 Å². The van der Waals surface area contributed by atoms with E-state index >= 15 is 0 Å². The van der Waals surface area contributed by atoms with Crippen LogP contribution in [0.25, 0.3) is 6.08 Å². The number of benzene rings is 2. The van der Waals surface area contributed by atoms with Crippen LogP contribution in [0.5, 0.6) is 11.5 Å². The standard InChI is InChI=1S/C17H16O4/c1-20-15-9-7-13(8-10-17(18)19)11-16(15)21-12-14-5-3-2-4-6-14/h2-11H,12H2,1H3,(H,18,19)/b10-8-. The van der Waals surface area contributed by atoms with Crippen LogP contribution in [0.4, 0.5) is 0 Å². The molecule has 2 rings (SSSR count). The van der Waals surface area contributed by atoms with E-state index in [2.05, 4.69) is 0 Å². The Morgan fingerprint density at radius 1 is 1.14 bits per heavy atom. The molecule has 0 aliphatic heterocycles. The molecule has 2 aromatic carbocycles. The third-order valence-corrected chi connectivity index (χ3v) is 2.84. The first kappa shape index (κ1) is 14.7. The quantitative estimate of drug-likeness (QED) is 0.826. The van der Waals surface area contributed by atoms with Crippen LogP contribution in [-0.2, 0) is 11.4 Å². The summed E-state index contributed by atoms with van der Waals surface area (Å²) in [6, 6.07) is 15.1. The van der Waals surface area contributed by atoms with Gasteiger partial charge in [0.25, 0.3) is 0 Å². The zero-order valence-corrected chi connectivity index (χ0v) is 11.7. The van der Waals surface area contributed by atoms with Crippen LogP contribution < -0.4 is 9.47 Å². The van der Waals surface area contributed by atoms with Crippen molar-refractivity contribution >= 4 is 12.0 Å². The minimum Gasteiger partial charge on any atom is -0.493 e. The Hall–Kier alpha value is -2.75. The highest BCUT2D eigenvalue weighted by molar-refractivity contribution is 5.85. The number of hydrogen-bond donors (Lipinski definition) is 1. The van der Waals surface area contributed by atoms with E-state index in [0.717, 1.165) is 17.2 Å². The third-order valence-electron chi connectivity index (χ3n) is 2.84. The lowest BCUT2D eigenvalue weighted by molar-refractivity contribution is -0.131. The average Bonchev–Trinajstić information content (AvgIpc) is 2.52. The molecule has 108 valence electrons. The van der Waals surface area contributed by atoms with E-state index in [1.165, 1.54) is 6.08 Å². The van der Waals surface area contributed by atoms with Crippen molar-refractivity contribution in [2.24, 2.45) is 0 Å². The number of rotatable bonds is 6. The summed E-state index contributed by atoms with van der Waals surface area (Å²) in [5.74, 6) is 0.199. The monoisotopic (exact) mass is 284 g/mol. The molecule has 0 atom stereocenters. The highest BCUT2D eigenvalue weighted by Crippen LogP contribution is 2.29. The second-order valence-electron chi connectivity index (χ2n) is 4.36. The molecule has 21 heavy (non-hydrogen) atoms. The smallest absolute Gasteiger partial charge is 0.328 e. The van der Waals surface area contributed by atoms with Gasteiger partial charge in [0.15, 0.2) is 11.5 Å². The van der Waals surface area contributed by atoms with E-state index in [9.17, 15) is 4.79 Å². The number of ether oxygens (including phenoxy) is 2. The Morgan fingerprint density at radius 3 is 2.57 bits per heavy atom. The fourth-order valence-corrected chi connectivity index (χ4v) is 1.81. The maximum atomic E-state index is 10.5. The van der Waals surface area contributed by atoms with Gasteiger partial charge in [-0.3, -0.25) is 0 Å². The Bertz CT molecular complexity index is 632. The SMILES string of the molecule is COc1ccc(/C=C\C(=O)O)cc1OCc1ccccc1. The van der Waals surface area contributed by atoms with Crippen molar-refractivity contribution in [3.05, 3.63) is 65.7 Å². The maximum Gasteiger partial charge on any atom is 0.328 e. The van der Waals surface area contributed by atoms with E-state index in [0.29, 0.717) is 18.1 Å². The van der Waals surface area contributed by atoms with E-state index in [1.54, 1.807) is 25.3 Å². The molecule has 4 heteroatoms. The predicted molar refractivity (Wildman–Crippen MR) is 80.4 cm³/mol. The zero-order valence-electron chi connectivity index (χ0n) is 11.7. The van der Waals surface area contributed by atoms with Crippen LogP contribution >= 0.6 is 0 Å². The van der Waals surface area contributed by atoms with Crippen LogP contribution in [0.3, 0.4) is 0 Å². The Labute approximate surface area is 123 Å². The van der Waals surface area contributed by atoms with Crippen molar-refractivity contribution in [2.75, 3.05) is 7.11 Å². The van der Waals surface area contributed by atoms with Crippen LogP contribution in [0.1, 0.15) is 11.1 Å². The molecule has 0 fully saturated rings. The second-order valence-corrected chi connectivity index (χ2v) is 4.36. The Morgan fingerprint density at radius 2 is 1.90 bits per heavy atom. The summed E-state index contributed by atoms with van der Waals surface area (Å²) in [6.45, 7) is 0.420. The van der Waals surface area contributed by atoms with Gasteiger partial charge in [0.2, 0.25) is 0 Å². The lowest BCUT2D eigenvalue weighted by atomic mass is 10.2. The van der Waals surface area contributed by atoms with Crippen molar-refractivity contribution in [1.82, 2.24) is 0 Å². The van der Waals surface area contributed by atoms with Crippen LogP contribution in [-0.4, -0.2) is 18.2 Å². The van der Waals surface area contributed by atoms with Gasteiger partial charge in [0, 0.05) is 6.08 Å². The van der Waals surface area contributed by atoms with Crippen molar-refractivity contribution in [2.45, 2.75) is 6.61 Å². The maximum absolute atomic E-state index is 10.5. The summed E-state index contributed by atoms with van der Waals surface area (Å²) < 4.78 is 11.0. The molecule has 1 N–H and O–H groups in total. The van der Waals surface area contributed by atoms with Gasteiger partial charge in [-0.2, -0.15) is 0 Å². The molecule has 0 bridgehead atoms. The Kier molecular flexibility index (Phi) is 4.99. The number of carboxylic acid groups (broad SMARTS) is 1. The first-order chi connectivity index (χ1) is 10.2. The highest BCUT2D eigenvalue weighted by Gasteiger charge is 2.05. The molecule has 0 aliphatic carbocycles. The molecular weight excluding hydrogens is 268 g/mol. The van der Waals surface area contributed by atoms with Gasteiger partial charge in [0.1, 0.15) is 6.61 Å². The molecule has 0 saturated heterocycles. The molecule has 0 aromatic heterocycles. The topological polar surface area (TPSA) is 55.8 Å². The molecule has 0 heterocycles. The average molecular weight is 284 g/mol. The number of methoxy groups -OCH3 is 1. The normalized spacial score (nSPS) is 10.5. The molecular formula is C17H16O4. The van der Waals surface area contributed by atoms with Gasteiger partial charge in [-0.1, -0.05) is 36.4 Å². The summed E-state index contributed by atoms with van der Waals surface area (Å²) >= 11 is 0. The molecule has 0 spiro atoms. The van der Waals surface area contributed by atoms with Crippen LogP contribution in [0, 0.1) is 0 Å². The summed E-state index contributed by atoms with van der Waals surface area (Å²) in [5.41, 5.74) is 1.78. The van der Waals surface area contributed by atoms with Crippen LogP contribution in [0.15, 0.2) is 54.6 Å². The predicted octanol–water partition coefficient (Wildman–Crippen LogP) is 3.37. The molecule has 0 unspecified atom stereocenters. The van der Waals surface area contributed by atoms with Crippen molar-refractivity contribution in [3.8, 4) is 11.5 Å². The first-order valence-corrected chi connectivity index (χ1v) is 6.45. The summed E-state index contributed by atoms with van der Waals surface area (Å²) in [4.78, 5) is 10.5. The largest absolute Gasteiger partial charge is 0.493 e. The third kappa shape index (κ3) is 4.38. The van der Waals surface area contributed by atoms with Crippen molar-refractivity contribution < 1.29 is 19.4 Å². The van der Waals surface area contributed by atoms with Gasteiger partial charge in [-0.25, -0.2) is 4.79 Å². The van der Waals surface area contributed by atoms with Crippen molar-refractivity contribution in [3.63, 3.8) is 0 Å². The molecule has 0 aliphatic rings.